The normalized spacial score (nSPS) is 33.6. The van der Waals surface area contributed by atoms with Crippen LogP contribution < -0.4 is 0 Å². The molecule has 1 aliphatic rings. The van der Waals surface area contributed by atoms with Gasteiger partial charge in [0.05, 0.1) is 12.5 Å². The molecule has 0 bridgehead atoms. The molecule has 1 fully saturated rings. The van der Waals surface area contributed by atoms with Crippen LogP contribution in [0.3, 0.4) is 0 Å². The van der Waals surface area contributed by atoms with E-state index in [9.17, 15) is 0 Å². The van der Waals surface area contributed by atoms with E-state index in [4.69, 9.17) is 4.52 Å². The summed E-state index contributed by atoms with van der Waals surface area (Å²) in [4.78, 5) is 0. The van der Waals surface area contributed by atoms with Crippen molar-refractivity contribution in [2.75, 3.05) is 19.4 Å². The lowest BCUT2D eigenvalue weighted by atomic mass is 10.2. The zero-order chi connectivity index (χ0) is 6.69. The molecule has 50 valence electrons. The monoisotopic (exact) mass is 142 g/mol. The van der Waals surface area contributed by atoms with Crippen molar-refractivity contribution in [2.24, 2.45) is 5.92 Å². The van der Waals surface area contributed by atoms with E-state index in [1.54, 1.807) is 0 Å². The van der Waals surface area contributed by atoms with Gasteiger partial charge in [-0.2, -0.15) is 0 Å². The van der Waals surface area contributed by atoms with Crippen molar-refractivity contribution >= 4 is 8.15 Å². The average molecular weight is 142 g/mol. The van der Waals surface area contributed by atoms with Crippen LogP contribution in [0.1, 0.15) is 6.92 Å². The van der Waals surface area contributed by atoms with Crippen LogP contribution in [0.2, 0.25) is 0 Å². The maximum absolute atomic E-state index is 5.38. The number of hydrogen-bond acceptors (Lipinski definition) is 1. The number of hydrogen-bond donors (Lipinski definition) is 0. The molecule has 0 N–H and O–H groups in total. The van der Waals surface area contributed by atoms with Gasteiger partial charge in [-0.05, 0) is 13.6 Å². The standard InChI is InChI=1S/C7H11OP/c1-3-4-7-5-8-9(2)6-7/h7H,5-6H2,1-2H3. The minimum Gasteiger partial charge on any atom is -0.358 e. The van der Waals surface area contributed by atoms with Crippen molar-refractivity contribution in [3.05, 3.63) is 0 Å². The highest BCUT2D eigenvalue weighted by Gasteiger charge is 2.19. The molecule has 0 aromatic heterocycles. The van der Waals surface area contributed by atoms with Crippen LogP contribution in [0.4, 0.5) is 0 Å². The van der Waals surface area contributed by atoms with Crippen molar-refractivity contribution < 1.29 is 4.52 Å². The first-order valence-corrected chi connectivity index (χ1v) is 4.98. The van der Waals surface area contributed by atoms with Gasteiger partial charge in [0.2, 0.25) is 0 Å². The number of rotatable bonds is 0. The molecule has 2 heteroatoms. The van der Waals surface area contributed by atoms with Crippen LogP contribution in [0.15, 0.2) is 0 Å². The molecule has 1 heterocycles. The second kappa shape index (κ2) is 3.20. The van der Waals surface area contributed by atoms with Gasteiger partial charge in [-0.1, -0.05) is 5.92 Å². The highest BCUT2D eigenvalue weighted by Crippen LogP contribution is 2.40. The summed E-state index contributed by atoms with van der Waals surface area (Å²) in [7, 11) is -0.118. The van der Waals surface area contributed by atoms with E-state index >= 15 is 0 Å². The molecular formula is C7H11OP. The summed E-state index contributed by atoms with van der Waals surface area (Å²) in [6.07, 6.45) is 1.18. The first kappa shape index (κ1) is 7.06. The Morgan fingerprint density at radius 1 is 1.67 bits per heavy atom. The lowest BCUT2D eigenvalue weighted by Crippen LogP contribution is -1.97. The fraction of sp³-hybridized carbons (Fsp3) is 0.714. The fourth-order valence-electron chi connectivity index (χ4n) is 0.924. The highest BCUT2D eigenvalue weighted by molar-refractivity contribution is 7.51. The van der Waals surface area contributed by atoms with E-state index in [2.05, 4.69) is 18.5 Å². The lowest BCUT2D eigenvalue weighted by Gasteiger charge is -1.94. The average Bonchev–Trinajstić information content (AvgIpc) is 2.17. The van der Waals surface area contributed by atoms with E-state index in [-0.39, 0.29) is 8.15 Å². The third-order valence-electron chi connectivity index (χ3n) is 1.32. The van der Waals surface area contributed by atoms with E-state index in [1.807, 2.05) is 6.92 Å². The van der Waals surface area contributed by atoms with Crippen molar-refractivity contribution in [3.8, 4) is 11.8 Å². The van der Waals surface area contributed by atoms with E-state index in [0.717, 1.165) is 6.61 Å². The van der Waals surface area contributed by atoms with Gasteiger partial charge in [0, 0.05) is 14.3 Å². The molecule has 0 aromatic carbocycles. The van der Waals surface area contributed by atoms with Gasteiger partial charge in [-0.15, -0.1) is 5.92 Å². The summed E-state index contributed by atoms with van der Waals surface area (Å²) in [5.74, 6) is 6.56. The maximum Gasteiger partial charge on any atom is 0.0650 e. The molecule has 9 heavy (non-hydrogen) atoms. The zero-order valence-electron chi connectivity index (χ0n) is 5.85. The molecule has 2 atom stereocenters. The minimum absolute atomic E-state index is 0.118. The highest BCUT2D eigenvalue weighted by atomic mass is 31.1. The second-order valence-corrected chi connectivity index (χ2v) is 4.08. The van der Waals surface area contributed by atoms with E-state index < -0.39 is 0 Å². The summed E-state index contributed by atoms with van der Waals surface area (Å²) in [5.41, 5.74) is 0. The maximum atomic E-state index is 5.38. The lowest BCUT2D eigenvalue weighted by molar-refractivity contribution is 0.362. The molecular weight excluding hydrogens is 131 g/mol. The molecule has 1 nitrogen and oxygen atoms in total. The van der Waals surface area contributed by atoms with Gasteiger partial charge in [0.15, 0.2) is 0 Å². The molecule has 0 amide bonds. The Balaban J connectivity index is 2.36. The van der Waals surface area contributed by atoms with Crippen molar-refractivity contribution in [2.45, 2.75) is 6.92 Å². The smallest absolute Gasteiger partial charge is 0.0650 e. The molecule has 2 unspecified atom stereocenters. The Labute approximate surface area is 57.6 Å². The summed E-state index contributed by atoms with van der Waals surface area (Å²) in [6, 6.07) is 0. The molecule has 0 saturated carbocycles. The van der Waals surface area contributed by atoms with Crippen LogP contribution in [0.25, 0.3) is 0 Å². The van der Waals surface area contributed by atoms with Crippen LogP contribution in [0.5, 0.6) is 0 Å². The molecule has 0 aliphatic carbocycles. The zero-order valence-corrected chi connectivity index (χ0v) is 6.74. The Morgan fingerprint density at radius 2 is 2.44 bits per heavy atom. The molecule has 0 aromatic rings. The first-order valence-electron chi connectivity index (χ1n) is 3.09. The Kier molecular flexibility index (Phi) is 2.51. The van der Waals surface area contributed by atoms with Crippen LogP contribution in [0, 0.1) is 17.8 Å². The predicted octanol–water partition coefficient (Wildman–Crippen LogP) is 1.68. The topological polar surface area (TPSA) is 9.23 Å². The Bertz CT molecular complexity index is 145. The minimum atomic E-state index is -0.118. The van der Waals surface area contributed by atoms with Crippen LogP contribution in [-0.2, 0) is 4.52 Å². The largest absolute Gasteiger partial charge is 0.358 e. The van der Waals surface area contributed by atoms with Crippen LogP contribution >= 0.6 is 8.15 Å². The Morgan fingerprint density at radius 3 is 2.89 bits per heavy atom. The van der Waals surface area contributed by atoms with Gasteiger partial charge in [-0.25, -0.2) is 0 Å². The van der Waals surface area contributed by atoms with Crippen molar-refractivity contribution in [1.82, 2.24) is 0 Å². The molecule has 1 aliphatic heterocycles. The third kappa shape index (κ3) is 1.97. The molecule has 0 spiro atoms. The quantitative estimate of drug-likeness (QED) is 0.369. The van der Waals surface area contributed by atoms with Gasteiger partial charge in [0.1, 0.15) is 0 Å². The van der Waals surface area contributed by atoms with E-state index in [0.29, 0.717) is 5.92 Å². The first-order chi connectivity index (χ1) is 4.33. The third-order valence-corrected chi connectivity index (χ3v) is 2.87. The second-order valence-electron chi connectivity index (χ2n) is 2.20. The fourth-order valence-corrected chi connectivity index (χ4v) is 2.28. The van der Waals surface area contributed by atoms with E-state index in [1.165, 1.54) is 6.16 Å². The van der Waals surface area contributed by atoms with Crippen LogP contribution in [-0.4, -0.2) is 19.4 Å². The van der Waals surface area contributed by atoms with Crippen molar-refractivity contribution in [1.29, 1.82) is 0 Å². The van der Waals surface area contributed by atoms with Gasteiger partial charge < -0.3 is 4.52 Å². The summed E-state index contributed by atoms with van der Waals surface area (Å²) < 4.78 is 5.38. The summed E-state index contributed by atoms with van der Waals surface area (Å²) >= 11 is 0. The van der Waals surface area contributed by atoms with Crippen molar-refractivity contribution in [3.63, 3.8) is 0 Å². The van der Waals surface area contributed by atoms with Gasteiger partial charge >= 0.3 is 0 Å². The SMILES string of the molecule is CC#CC1COP(C)C1. The summed E-state index contributed by atoms with van der Waals surface area (Å²) in [5, 5.41) is 0. The molecule has 1 rings (SSSR count). The predicted molar refractivity (Wildman–Crippen MR) is 40.6 cm³/mol. The molecule has 0 radical (unpaired) electrons. The summed E-state index contributed by atoms with van der Waals surface area (Å²) in [6.45, 7) is 4.91. The Hall–Kier alpha value is -0.0500. The van der Waals surface area contributed by atoms with Gasteiger partial charge in [-0.3, -0.25) is 0 Å². The molecule has 1 saturated heterocycles. The van der Waals surface area contributed by atoms with Gasteiger partial charge in [0.25, 0.3) is 0 Å².